The molecule has 1 nitrogen and oxygen atoms in total. The summed E-state index contributed by atoms with van der Waals surface area (Å²) >= 11 is 3.42. The summed E-state index contributed by atoms with van der Waals surface area (Å²) in [4.78, 5) is 0. The van der Waals surface area contributed by atoms with E-state index in [4.69, 9.17) is 4.42 Å². The second-order valence-electron chi connectivity index (χ2n) is 3.66. The van der Waals surface area contributed by atoms with Crippen LogP contribution in [0.1, 0.15) is 0 Å². The molecule has 0 spiro atoms. The van der Waals surface area contributed by atoms with Crippen LogP contribution in [0, 0.1) is 0 Å². The van der Waals surface area contributed by atoms with Gasteiger partial charge in [-0.2, -0.15) is 0 Å². The molecule has 0 aliphatic carbocycles. The van der Waals surface area contributed by atoms with Gasteiger partial charge in [-0.3, -0.25) is 0 Å². The van der Waals surface area contributed by atoms with Crippen molar-refractivity contribution >= 4 is 26.9 Å². The Balaban J connectivity index is 2.15. The molecule has 78 valence electrons. The summed E-state index contributed by atoms with van der Waals surface area (Å²) in [6.45, 7) is 0. The Morgan fingerprint density at radius 2 is 1.62 bits per heavy atom. The van der Waals surface area contributed by atoms with Crippen molar-refractivity contribution in [2.24, 2.45) is 0 Å². The van der Waals surface area contributed by atoms with E-state index in [1.54, 1.807) is 0 Å². The molecule has 0 saturated carbocycles. The number of halogens is 1. The molecule has 0 amide bonds. The second-order valence-corrected chi connectivity index (χ2v) is 4.57. The lowest BCUT2D eigenvalue weighted by Crippen LogP contribution is -1.71. The molecule has 2 aromatic carbocycles. The highest BCUT2D eigenvalue weighted by atomic mass is 79.9. The van der Waals surface area contributed by atoms with E-state index in [9.17, 15) is 0 Å². The summed E-state index contributed by atoms with van der Waals surface area (Å²) in [5.74, 6) is 0.911. The molecule has 16 heavy (non-hydrogen) atoms. The number of benzene rings is 2. The summed E-state index contributed by atoms with van der Waals surface area (Å²) < 4.78 is 6.85. The quantitative estimate of drug-likeness (QED) is 0.617. The Kier molecular flexibility index (Phi) is 2.29. The van der Waals surface area contributed by atoms with Crippen molar-refractivity contribution in [3.05, 3.63) is 59.1 Å². The van der Waals surface area contributed by atoms with Gasteiger partial charge in [0, 0.05) is 15.4 Å². The molecule has 1 heterocycles. The van der Waals surface area contributed by atoms with Crippen LogP contribution in [0.3, 0.4) is 0 Å². The van der Waals surface area contributed by atoms with Crippen LogP contribution in [0.4, 0.5) is 0 Å². The predicted molar refractivity (Wildman–Crippen MR) is 69.4 cm³/mol. The molecule has 0 N–H and O–H groups in total. The highest BCUT2D eigenvalue weighted by Crippen LogP contribution is 2.28. The molecular formula is C14H9BrO. The fraction of sp³-hybridized carbons (Fsp3) is 0. The smallest absolute Gasteiger partial charge is 0.135 e. The van der Waals surface area contributed by atoms with Gasteiger partial charge in [0.05, 0.1) is 0 Å². The van der Waals surface area contributed by atoms with Crippen molar-refractivity contribution in [2.45, 2.75) is 0 Å². The normalized spacial score (nSPS) is 10.8. The van der Waals surface area contributed by atoms with Crippen molar-refractivity contribution in [3.8, 4) is 11.3 Å². The van der Waals surface area contributed by atoms with E-state index in [1.165, 1.54) is 0 Å². The van der Waals surface area contributed by atoms with Crippen molar-refractivity contribution in [2.75, 3.05) is 0 Å². The predicted octanol–water partition coefficient (Wildman–Crippen LogP) is 4.86. The van der Waals surface area contributed by atoms with E-state index in [0.717, 1.165) is 26.8 Å². The first-order chi connectivity index (χ1) is 7.83. The van der Waals surface area contributed by atoms with Gasteiger partial charge in [0.1, 0.15) is 11.3 Å². The molecule has 0 aliphatic heterocycles. The minimum Gasteiger partial charge on any atom is -0.456 e. The van der Waals surface area contributed by atoms with E-state index in [1.807, 2.05) is 42.5 Å². The van der Waals surface area contributed by atoms with E-state index in [0.29, 0.717) is 0 Å². The largest absolute Gasteiger partial charge is 0.456 e. The van der Waals surface area contributed by atoms with Gasteiger partial charge in [-0.05, 0) is 24.3 Å². The first-order valence-corrected chi connectivity index (χ1v) is 5.87. The highest BCUT2D eigenvalue weighted by molar-refractivity contribution is 9.10. The first-order valence-electron chi connectivity index (χ1n) is 5.07. The summed E-state index contributed by atoms with van der Waals surface area (Å²) in [6, 6.07) is 18.2. The lowest BCUT2D eigenvalue weighted by molar-refractivity contribution is 0.631. The van der Waals surface area contributed by atoms with E-state index >= 15 is 0 Å². The summed E-state index contributed by atoms with van der Waals surface area (Å²) in [7, 11) is 0. The van der Waals surface area contributed by atoms with Crippen LogP contribution in [0.15, 0.2) is 63.5 Å². The van der Waals surface area contributed by atoms with Crippen LogP contribution in [0.5, 0.6) is 0 Å². The van der Waals surface area contributed by atoms with Gasteiger partial charge in [0.25, 0.3) is 0 Å². The number of para-hydroxylation sites is 1. The van der Waals surface area contributed by atoms with Crippen LogP contribution in [-0.2, 0) is 0 Å². The SMILES string of the molecule is Brc1ccc(-c2cc3ccccc3o2)cc1. The minimum atomic E-state index is 0.911. The van der Waals surface area contributed by atoms with Gasteiger partial charge in [0.15, 0.2) is 0 Å². The van der Waals surface area contributed by atoms with Crippen molar-refractivity contribution < 1.29 is 4.42 Å². The van der Waals surface area contributed by atoms with Gasteiger partial charge < -0.3 is 4.42 Å². The lowest BCUT2D eigenvalue weighted by atomic mass is 10.1. The molecule has 0 bridgehead atoms. The van der Waals surface area contributed by atoms with Crippen molar-refractivity contribution in [1.82, 2.24) is 0 Å². The van der Waals surface area contributed by atoms with Gasteiger partial charge in [-0.1, -0.05) is 46.3 Å². The monoisotopic (exact) mass is 272 g/mol. The van der Waals surface area contributed by atoms with Gasteiger partial charge in [0.2, 0.25) is 0 Å². The third-order valence-electron chi connectivity index (χ3n) is 2.55. The maximum Gasteiger partial charge on any atom is 0.135 e. The number of furan rings is 1. The summed E-state index contributed by atoms with van der Waals surface area (Å²) in [5, 5.41) is 1.14. The average Bonchev–Trinajstić information content (AvgIpc) is 2.73. The van der Waals surface area contributed by atoms with Gasteiger partial charge >= 0.3 is 0 Å². The standard InChI is InChI=1S/C14H9BrO/c15-12-7-5-10(6-8-12)14-9-11-3-1-2-4-13(11)16-14/h1-9H. The molecule has 0 aliphatic rings. The molecule has 3 rings (SSSR count). The maximum atomic E-state index is 5.78. The highest BCUT2D eigenvalue weighted by Gasteiger charge is 2.04. The maximum absolute atomic E-state index is 5.78. The fourth-order valence-electron chi connectivity index (χ4n) is 1.74. The first kappa shape index (κ1) is 9.67. The number of hydrogen-bond acceptors (Lipinski definition) is 1. The lowest BCUT2D eigenvalue weighted by Gasteiger charge is -1.95. The Labute approximate surface area is 102 Å². The minimum absolute atomic E-state index is 0.911. The second kappa shape index (κ2) is 3.80. The van der Waals surface area contributed by atoms with Crippen LogP contribution in [0.2, 0.25) is 0 Å². The molecule has 3 aromatic rings. The molecule has 1 aromatic heterocycles. The molecule has 0 saturated heterocycles. The third-order valence-corrected chi connectivity index (χ3v) is 3.08. The summed E-state index contributed by atoms with van der Waals surface area (Å²) in [6.07, 6.45) is 0. The average molecular weight is 273 g/mol. The van der Waals surface area contributed by atoms with Crippen LogP contribution >= 0.6 is 15.9 Å². The Morgan fingerprint density at radius 3 is 2.38 bits per heavy atom. The Morgan fingerprint density at radius 1 is 0.875 bits per heavy atom. The van der Waals surface area contributed by atoms with Crippen LogP contribution in [-0.4, -0.2) is 0 Å². The number of rotatable bonds is 1. The molecule has 0 unspecified atom stereocenters. The van der Waals surface area contributed by atoms with Crippen molar-refractivity contribution in [3.63, 3.8) is 0 Å². The third kappa shape index (κ3) is 1.65. The van der Waals surface area contributed by atoms with Crippen LogP contribution < -0.4 is 0 Å². The Hall–Kier alpha value is -1.54. The molecule has 0 radical (unpaired) electrons. The molecular weight excluding hydrogens is 264 g/mol. The zero-order chi connectivity index (χ0) is 11.0. The van der Waals surface area contributed by atoms with E-state index < -0.39 is 0 Å². The van der Waals surface area contributed by atoms with Gasteiger partial charge in [-0.15, -0.1) is 0 Å². The molecule has 0 fully saturated rings. The molecule has 2 heteroatoms. The molecule has 0 atom stereocenters. The van der Waals surface area contributed by atoms with E-state index in [2.05, 4.69) is 28.1 Å². The van der Waals surface area contributed by atoms with E-state index in [-0.39, 0.29) is 0 Å². The summed E-state index contributed by atoms with van der Waals surface area (Å²) in [5.41, 5.74) is 2.03. The topological polar surface area (TPSA) is 13.1 Å². The zero-order valence-corrected chi connectivity index (χ0v) is 10.1. The van der Waals surface area contributed by atoms with Crippen molar-refractivity contribution in [1.29, 1.82) is 0 Å². The fourth-order valence-corrected chi connectivity index (χ4v) is 2.00. The van der Waals surface area contributed by atoms with Gasteiger partial charge in [-0.25, -0.2) is 0 Å². The Bertz CT molecular complexity index is 590. The zero-order valence-electron chi connectivity index (χ0n) is 8.48. The van der Waals surface area contributed by atoms with Crippen LogP contribution in [0.25, 0.3) is 22.3 Å². The number of fused-ring (bicyclic) bond motifs is 1. The number of hydrogen-bond donors (Lipinski definition) is 0.